The number of alkyl halides is 2. The van der Waals surface area contributed by atoms with Crippen LogP contribution in [0.1, 0.15) is 60.9 Å². The number of fused-ring (bicyclic) bond motifs is 2. The maximum atomic E-state index is 15.0. The number of benzene rings is 1. The van der Waals surface area contributed by atoms with E-state index >= 15 is 0 Å². The number of nitrogens with zero attached hydrogens (tertiary/aromatic N) is 3. The van der Waals surface area contributed by atoms with Crippen LogP contribution in [0, 0.1) is 12.7 Å². The molecule has 0 saturated carbocycles. The van der Waals surface area contributed by atoms with Gasteiger partial charge in [0.2, 0.25) is 0 Å². The highest BCUT2D eigenvalue weighted by Crippen LogP contribution is 2.52. The van der Waals surface area contributed by atoms with Gasteiger partial charge in [-0.3, -0.25) is 4.90 Å². The normalized spacial score (nSPS) is 19.4. The molecule has 4 heterocycles. The third-order valence-corrected chi connectivity index (χ3v) is 8.66. The quantitative estimate of drug-likeness (QED) is 0.390. The van der Waals surface area contributed by atoms with Crippen molar-refractivity contribution in [2.24, 2.45) is 0 Å². The molecule has 1 spiro atoms. The van der Waals surface area contributed by atoms with Gasteiger partial charge in [0.25, 0.3) is 5.92 Å². The minimum Gasteiger partial charge on any atom is -0.363 e. The topological polar surface area (TPSA) is 42.3 Å². The standard InChI is InChI=1S/C27H32ClF3N4OS/c1-17-19(15-35(33-17)23-18(6-5-7-21(23)29)13-32-25(2,3)4)14-34-10-8-26(9-11-34)24-20(12-22(28)37-24)27(30,31)16-36-26/h5-7,12,15,32H,8-11,13-14,16H2,1-4H3. The first-order valence-corrected chi connectivity index (χ1v) is 13.7. The minimum absolute atomic E-state index is 0.0148. The number of nitrogens with one attached hydrogen (secondary N) is 1. The molecule has 1 N–H and O–H groups in total. The van der Waals surface area contributed by atoms with E-state index < -0.39 is 18.1 Å². The summed E-state index contributed by atoms with van der Waals surface area (Å²) in [4.78, 5) is 2.84. The molecular formula is C27H32ClF3N4OS. The number of aromatic nitrogens is 2. The maximum Gasteiger partial charge on any atom is 0.297 e. The molecule has 0 amide bonds. The van der Waals surface area contributed by atoms with E-state index in [9.17, 15) is 13.2 Å². The SMILES string of the molecule is Cc1nn(-c2c(F)cccc2CNC(C)(C)C)cc1CN1CCC2(CC1)OCC(F)(F)c1cc(Cl)sc12. The van der Waals surface area contributed by atoms with Crippen LogP contribution in [-0.4, -0.2) is 39.9 Å². The fourth-order valence-electron chi connectivity index (χ4n) is 5.11. The van der Waals surface area contributed by atoms with E-state index in [1.807, 2.05) is 19.2 Å². The molecule has 37 heavy (non-hydrogen) atoms. The highest BCUT2D eigenvalue weighted by Gasteiger charge is 2.51. The molecular weight excluding hydrogens is 521 g/mol. The highest BCUT2D eigenvalue weighted by atomic mass is 35.5. The summed E-state index contributed by atoms with van der Waals surface area (Å²) in [5.74, 6) is -3.33. The summed E-state index contributed by atoms with van der Waals surface area (Å²) in [6.45, 7) is 10.1. The van der Waals surface area contributed by atoms with Crippen molar-refractivity contribution >= 4 is 22.9 Å². The van der Waals surface area contributed by atoms with Crippen LogP contribution in [0.5, 0.6) is 0 Å². The van der Waals surface area contributed by atoms with Gasteiger partial charge in [0.1, 0.15) is 23.7 Å². The van der Waals surface area contributed by atoms with Gasteiger partial charge in [-0.25, -0.2) is 9.07 Å². The van der Waals surface area contributed by atoms with Crippen LogP contribution >= 0.6 is 22.9 Å². The zero-order valence-electron chi connectivity index (χ0n) is 21.5. The van der Waals surface area contributed by atoms with E-state index in [1.54, 1.807) is 10.7 Å². The van der Waals surface area contributed by atoms with Crippen LogP contribution in [0.15, 0.2) is 30.5 Å². The van der Waals surface area contributed by atoms with Crippen molar-refractivity contribution in [3.63, 3.8) is 0 Å². The summed E-state index contributed by atoms with van der Waals surface area (Å²) in [5.41, 5.74) is 2.32. The summed E-state index contributed by atoms with van der Waals surface area (Å²) in [7, 11) is 0. The Morgan fingerprint density at radius 3 is 2.62 bits per heavy atom. The number of halogens is 4. The second-order valence-electron chi connectivity index (χ2n) is 11.1. The van der Waals surface area contributed by atoms with E-state index in [2.05, 4.69) is 36.1 Å². The van der Waals surface area contributed by atoms with Gasteiger partial charge >= 0.3 is 0 Å². The monoisotopic (exact) mass is 552 g/mol. The fourth-order valence-corrected chi connectivity index (χ4v) is 6.59. The Labute approximate surface area is 224 Å². The Balaban J connectivity index is 1.32. The molecule has 0 radical (unpaired) electrons. The second-order valence-corrected chi connectivity index (χ2v) is 12.8. The molecule has 0 aliphatic carbocycles. The molecule has 2 aromatic heterocycles. The van der Waals surface area contributed by atoms with Crippen LogP contribution in [0.25, 0.3) is 5.69 Å². The summed E-state index contributed by atoms with van der Waals surface area (Å²) in [6, 6.07) is 6.48. The van der Waals surface area contributed by atoms with E-state index in [1.165, 1.54) is 23.5 Å². The van der Waals surface area contributed by atoms with Crippen molar-refractivity contribution in [1.29, 1.82) is 0 Å². The first kappa shape index (κ1) is 26.7. The molecule has 1 fully saturated rings. The van der Waals surface area contributed by atoms with Crippen molar-refractivity contribution in [2.75, 3.05) is 19.7 Å². The zero-order chi connectivity index (χ0) is 26.6. The van der Waals surface area contributed by atoms with Gasteiger partial charge in [-0.2, -0.15) is 13.9 Å². The highest BCUT2D eigenvalue weighted by molar-refractivity contribution is 7.16. The summed E-state index contributed by atoms with van der Waals surface area (Å²) in [6.07, 6.45) is 3.11. The molecule has 0 atom stereocenters. The lowest BCUT2D eigenvalue weighted by molar-refractivity contribution is -0.182. The number of piperidine rings is 1. The van der Waals surface area contributed by atoms with Crippen molar-refractivity contribution in [2.45, 2.75) is 70.7 Å². The van der Waals surface area contributed by atoms with Gasteiger partial charge in [0.15, 0.2) is 0 Å². The predicted octanol–water partition coefficient (Wildman–Crippen LogP) is 6.54. The number of thiophene rings is 1. The lowest BCUT2D eigenvalue weighted by atomic mass is 9.84. The molecule has 0 bridgehead atoms. The van der Waals surface area contributed by atoms with Crippen LogP contribution in [0.3, 0.4) is 0 Å². The maximum absolute atomic E-state index is 15.0. The Morgan fingerprint density at radius 1 is 1.19 bits per heavy atom. The average Bonchev–Trinajstić information content (AvgIpc) is 3.40. The number of para-hydroxylation sites is 1. The summed E-state index contributed by atoms with van der Waals surface area (Å²) < 4.78 is 51.7. The minimum atomic E-state index is -3.01. The number of ether oxygens (including phenoxy) is 1. The Kier molecular flexibility index (Phi) is 6.98. The molecule has 5 nitrogen and oxygen atoms in total. The molecule has 3 aromatic rings. The molecule has 2 aliphatic rings. The second kappa shape index (κ2) is 9.68. The number of likely N-dealkylation sites (tertiary alicyclic amines) is 1. The molecule has 10 heteroatoms. The molecule has 1 aromatic carbocycles. The van der Waals surface area contributed by atoms with Crippen LogP contribution in [-0.2, 0) is 29.3 Å². The Bertz CT molecular complexity index is 1290. The van der Waals surface area contributed by atoms with Crippen LogP contribution < -0.4 is 5.32 Å². The van der Waals surface area contributed by atoms with Gasteiger partial charge in [0, 0.05) is 53.9 Å². The van der Waals surface area contributed by atoms with Crippen molar-refractivity contribution < 1.29 is 17.9 Å². The third kappa shape index (κ3) is 5.34. The van der Waals surface area contributed by atoms with Gasteiger partial charge in [-0.1, -0.05) is 23.7 Å². The molecule has 200 valence electrons. The van der Waals surface area contributed by atoms with E-state index in [4.69, 9.17) is 16.3 Å². The van der Waals surface area contributed by atoms with Gasteiger partial charge in [0.05, 0.1) is 10.0 Å². The van der Waals surface area contributed by atoms with E-state index in [0.717, 1.165) is 16.8 Å². The summed E-state index contributed by atoms with van der Waals surface area (Å²) >= 11 is 7.33. The lowest BCUT2D eigenvalue weighted by Gasteiger charge is -2.45. The van der Waals surface area contributed by atoms with Gasteiger partial charge in [-0.15, -0.1) is 11.3 Å². The first-order valence-electron chi connectivity index (χ1n) is 12.5. The van der Waals surface area contributed by atoms with Crippen LogP contribution in [0.2, 0.25) is 4.34 Å². The van der Waals surface area contributed by atoms with Gasteiger partial charge in [-0.05, 0) is 58.2 Å². The summed E-state index contributed by atoms with van der Waals surface area (Å²) in [5, 5.41) is 8.07. The average molecular weight is 553 g/mol. The van der Waals surface area contributed by atoms with Crippen molar-refractivity contribution in [3.8, 4) is 5.69 Å². The van der Waals surface area contributed by atoms with E-state index in [0.29, 0.717) is 53.9 Å². The Hall–Kier alpha value is -1.91. The number of hydrogen-bond donors (Lipinski definition) is 1. The molecule has 2 aliphatic heterocycles. The fraction of sp³-hybridized carbons (Fsp3) is 0.519. The molecule has 1 saturated heterocycles. The first-order chi connectivity index (χ1) is 17.4. The molecule has 0 unspecified atom stereocenters. The largest absolute Gasteiger partial charge is 0.363 e. The Morgan fingerprint density at radius 2 is 1.92 bits per heavy atom. The van der Waals surface area contributed by atoms with Crippen molar-refractivity contribution in [1.82, 2.24) is 20.0 Å². The zero-order valence-corrected chi connectivity index (χ0v) is 23.1. The number of rotatable bonds is 5. The number of hydrogen-bond acceptors (Lipinski definition) is 5. The predicted molar refractivity (Wildman–Crippen MR) is 140 cm³/mol. The van der Waals surface area contributed by atoms with Crippen molar-refractivity contribution in [3.05, 3.63) is 67.9 Å². The smallest absolute Gasteiger partial charge is 0.297 e. The van der Waals surface area contributed by atoms with Gasteiger partial charge < -0.3 is 10.1 Å². The number of aryl methyl sites for hydroxylation is 1. The van der Waals surface area contributed by atoms with Crippen LogP contribution in [0.4, 0.5) is 13.2 Å². The lowest BCUT2D eigenvalue weighted by Crippen LogP contribution is -2.48. The third-order valence-electron chi connectivity index (χ3n) is 7.21. The molecule has 5 rings (SSSR count). The van der Waals surface area contributed by atoms with E-state index in [-0.39, 0.29) is 16.9 Å².